The van der Waals surface area contributed by atoms with Crippen molar-refractivity contribution in [2.75, 3.05) is 0 Å². The summed E-state index contributed by atoms with van der Waals surface area (Å²) in [6.07, 6.45) is 15.8. The molecule has 3 aliphatic rings. The van der Waals surface area contributed by atoms with E-state index in [4.69, 9.17) is 0 Å². The van der Waals surface area contributed by atoms with Gasteiger partial charge in [-0.1, -0.05) is 78.6 Å². The van der Waals surface area contributed by atoms with Gasteiger partial charge < -0.3 is 0 Å². The zero-order valence-corrected chi connectivity index (χ0v) is 19.6. The Balaban J connectivity index is 1.40. The highest BCUT2D eigenvalue weighted by Crippen LogP contribution is 2.48. The van der Waals surface area contributed by atoms with Crippen LogP contribution in [0.2, 0.25) is 0 Å². The summed E-state index contributed by atoms with van der Waals surface area (Å²) in [6, 6.07) is 0. The molecule has 170 valence electrons. The molecule has 0 aromatic heterocycles. The van der Waals surface area contributed by atoms with Crippen LogP contribution in [0, 0.1) is 41.4 Å². The maximum absolute atomic E-state index is 15.2. The molecule has 5 atom stereocenters. The molecule has 2 heteroatoms. The Morgan fingerprint density at radius 1 is 0.724 bits per heavy atom. The maximum atomic E-state index is 15.2. The first kappa shape index (κ1) is 23.5. The lowest BCUT2D eigenvalue weighted by molar-refractivity contribution is -0.0365. The minimum absolute atomic E-state index is 0.00860. The third-order valence-electron chi connectivity index (χ3n) is 9.21. The molecule has 0 amide bonds. The minimum atomic E-state index is -1.19. The first-order valence-corrected chi connectivity index (χ1v) is 13.3. The van der Waals surface area contributed by atoms with Crippen LogP contribution in [-0.2, 0) is 0 Å². The van der Waals surface area contributed by atoms with E-state index in [-0.39, 0.29) is 11.8 Å². The molecule has 0 radical (unpaired) electrons. The van der Waals surface area contributed by atoms with Crippen LogP contribution in [0.4, 0.5) is 8.78 Å². The van der Waals surface area contributed by atoms with Gasteiger partial charge in [-0.05, 0) is 80.0 Å². The molecule has 0 aromatic rings. The lowest BCUT2D eigenvalue weighted by Crippen LogP contribution is -2.45. The molecule has 5 unspecified atom stereocenters. The van der Waals surface area contributed by atoms with Crippen molar-refractivity contribution in [3.63, 3.8) is 0 Å². The zero-order valence-electron chi connectivity index (χ0n) is 19.6. The Labute approximate surface area is 180 Å². The van der Waals surface area contributed by atoms with Crippen molar-refractivity contribution in [3.8, 4) is 0 Å². The highest BCUT2D eigenvalue weighted by atomic mass is 19.2. The fourth-order valence-corrected chi connectivity index (χ4v) is 7.18. The summed E-state index contributed by atoms with van der Waals surface area (Å²) in [4.78, 5) is 0. The summed E-state index contributed by atoms with van der Waals surface area (Å²) in [5.41, 5.74) is 0. The standard InChI is InChI=1S/C27H48F2/c1-4-6-19(2)7-5-8-21-11-15-23(16-12-21)25-18-17-24(26(28)27(25)29)22-13-9-20(3)10-14-22/h19-27H,4-18H2,1-3H3. The van der Waals surface area contributed by atoms with Crippen molar-refractivity contribution >= 4 is 0 Å². The van der Waals surface area contributed by atoms with Gasteiger partial charge in [-0.25, -0.2) is 8.78 Å². The highest BCUT2D eigenvalue weighted by molar-refractivity contribution is 4.95. The first-order chi connectivity index (χ1) is 14.0. The van der Waals surface area contributed by atoms with Gasteiger partial charge in [-0.3, -0.25) is 0 Å². The third-order valence-corrected chi connectivity index (χ3v) is 9.21. The lowest BCUT2D eigenvalue weighted by Gasteiger charge is -2.44. The van der Waals surface area contributed by atoms with E-state index in [1.807, 2.05) is 0 Å². The molecule has 29 heavy (non-hydrogen) atoms. The first-order valence-electron chi connectivity index (χ1n) is 13.3. The molecule has 0 saturated heterocycles. The van der Waals surface area contributed by atoms with Crippen LogP contribution in [0.15, 0.2) is 0 Å². The van der Waals surface area contributed by atoms with Gasteiger partial charge in [-0.15, -0.1) is 0 Å². The molecule has 0 aliphatic heterocycles. The lowest BCUT2D eigenvalue weighted by atomic mass is 9.63. The van der Waals surface area contributed by atoms with Crippen molar-refractivity contribution in [3.05, 3.63) is 0 Å². The molecule has 0 N–H and O–H groups in total. The van der Waals surface area contributed by atoms with Gasteiger partial charge in [0.25, 0.3) is 0 Å². The van der Waals surface area contributed by atoms with Crippen LogP contribution in [0.3, 0.4) is 0 Å². The van der Waals surface area contributed by atoms with Gasteiger partial charge in [0.2, 0.25) is 0 Å². The number of hydrogen-bond acceptors (Lipinski definition) is 0. The molecule has 0 heterocycles. The third kappa shape index (κ3) is 6.42. The largest absolute Gasteiger partial charge is 0.244 e. The minimum Gasteiger partial charge on any atom is -0.244 e. The number of alkyl halides is 2. The van der Waals surface area contributed by atoms with Crippen molar-refractivity contribution in [2.45, 2.75) is 129 Å². The van der Waals surface area contributed by atoms with Crippen LogP contribution < -0.4 is 0 Å². The van der Waals surface area contributed by atoms with E-state index >= 15 is 8.78 Å². The summed E-state index contributed by atoms with van der Waals surface area (Å²) in [6.45, 7) is 6.97. The summed E-state index contributed by atoms with van der Waals surface area (Å²) >= 11 is 0. The fourth-order valence-electron chi connectivity index (χ4n) is 7.18. The van der Waals surface area contributed by atoms with E-state index in [1.54, 1.807) is 0 Å². The average Bonchev–Trinajstić information content (AvgIpc) is 2.72. The normalized spacial score (nSPS) is 42.5. The van der Waals surface area contributed by atoms with E-state index in [2.05, 4.69) is 20.8 Å². The van der Waals surface area contributed by atoms with Gasteiger partial charge in [0.1, 0.15) is 12.3 Å². The van der Waals surface area contributed by atoms with E-state index < -0.39 is 12.3 Å². The second kappa shape index (κ2) is 11.5. The second-order valence-corrected chi connectivity index (χ2v) is 11.4. The second-order valence-electron chi connectivity index (χ2n) is 11.4. The van der Waals surface area contributed by atoms with E-state index in [0.717, 1.165) is 56.3 Å². The van der Waals surface area contributed by atoms with E-state index in [0.29, 0.717) is 11.8 Å². The van der Waals surface area contributed by atoms with E-state index in [1.165, 1.54) is 57.8 Å². The number of rotatable bonds is 8. The Morgan fingerprint density at radius 3 is 1.76 bits per heavy atom. The monoisotopic (exact) mass is 410 g/mol. The predicted molar refractivity (Wildman–Crippen MR) is 120 cm³/mol. The number of halogens is 2. The van der Waals surface area contributed by atoms with Crippen molar-refractivity contribution < 1.29 is 8.78 Å². The van der Waals surface area contributed by atoms with Crippen LogP contribution in [-0.4, -0.2) is 12.3 Å². The van der Waals surface area contributed by atoms with Crippen LogP contribution in [0.5, 0.6) is 0 Å². The summed E-state index contributed by atoms with van der Waals surface area (Å²) in [7, 11) is 0. The van der Waals surface area contributed by atoms with Gasteiger partial charge in [0.15, 0.2) is 0 Å². The average molecular weight is 411 g/mol. The quantitative estimate of drug-likeness (QED) is 0.374. The molecular weight excluding hydrogens is 362 g/mol. The Bertz CT molecular complexity index is 447. The van der Waals surface area contributed by atoms with Crippen LogP contribution in [0.25, 0.3) is 0 Å². The Morgan fingerprint density at radius 2 is 1.24 bits per heavy atom. The maximum Gasteiger partial charge on any atom is 0.134 e. The predicted octanol–water partition coefficient (Wildman–Crippen LogP) is 8.93. The molecule has 0 bridgehead atoms. The topological polar surface area (TPSA) is 0 Å². The molecule has 0 aromatic carbocycles. The summed E-state index contributed by atoms with van der Waals surface area (Å²) < 4.78 is 30.3. The van der Waals surface area contributed by atoms with Gasteiger partial charge in [-0.2, -0.15) is 0 Å². The van der Waals surface area contributed by atoms with Crippen molar-refractivity contribution in [1.29, 1.82) is 0 Å². The molecule has 3 fully saturated rings. The fraction of sp³-hybridized carbons (Fsp3) is 1.00. The smallest absolute Gasteiger partial charge is 0.134 e. The van der Waals surface area contributed by atoms with Gasteiger partial charge in [0, 0.05) is 0 Å². The number of hydrogen-bond donors (Lipinski definition) is 0. The molecule has 3 saturated carbocycles. The highest BCUT2D eigenvalue weighted by Gasteiger charge is 2.46. The van der Waals surface area contributed by atoms with Crippen molar-refractivity contribution in [1.82, 2.24) is 0 Å². The summed E-state index contributed by atoms with van der Waals surface area (Å²) in [5.74, 6) is 3.42. The Kier molecular flexibility index (Phi) is 9.30. The van der Waals surface area contributed by atoms with Crippen molar-refractivity contribution in [2.24, 2.45) is 41.4 Å². The Hall–Kier alpha value is -0.140. The van der Waals surface area contributed by atoms with E-state index in [9.17, 15) is 0 Å². The SMILES string of the molecule is CCCC(C)CCCC1CCC(C2CCC(C3CCC(C)CC3)C(F)C2F)CC1. The van der Waals surface area contributed by atoms with Crippen LogP contribution >= 0.6 is 0 Å². The zero-order chi connectivity index (χ0) is 20.8. The molecule has 0 nitrogen and oxygen atoms in total. The van der Waals surface area contributed by atoms with Crippen LogP contribution in [0.1, 0.15) is 117 Å². The van der Waals surface area contributed by atoms with Gasteiger partial charge >= 0.3 is 0 Å². The molecule has 3 aliphatic carbocycles. The molecule has 3 rings (SSSR count). The molecule has 0 spiro atoms. The summed E-state index contributed by atoms with van der Waals surface area (Å²) in [5, 5.41) is 0. The molecular formula is C27H48F2. The van der Waals surface area contributed by atoms with Gasteiger partial charge in [0.05, 0.1) is 0 Å².